The second-order valence-corrected chi connectivity index (χ2v) is 13.4. The monoisotopic (exact) mass is 548 g/mol. The minimum absolute atomic E-state index is 0.0795. The van der Waals surface area contributed by atoms with Crippen molar-refractivity contribution in [3.8, 4) is 0 Å². The molecule has 0 saturated carbocycles. The topological polar surface area (TPSA) is 102 Å². The van der Waals surface area contributed by atoms with Crippen molar-refractivity contribution < 1.29 is 15.4 Å². The van der Waals surface area contributed by atoms with Gasteiger partial charge in [-0.15, -0.1) is 0 Å². The standard InChI is InChI=1S/C24H30N5O4PS2/c1-16-19(14-20(32-16)29-15-25-21-22(29)26-17(2)27-23(21)30)33-34(28-10-6-7-11-28)36-13-12-35-24(31)18-8-4-3-5-9-18/h3-5,8-9,15-16,19-20H,6-7,10-14H2,1-2H3,(H,26,27,30)/t16-,19-,20-,34?/m1/s1/i1D. The first kappa shape index (κ1) is 24.6. The number of hydrogen-bond acceptors (Lipinski definition) is 9. The zero-order chi connectivity index (χ0) is 25.8. The number of imidazole rings is 1. The molecule has 2 saturated heterocycles. The number of aromatic amines is 1. The van der Waals surface area contributed by atoms with Gasteiger partial charge in [-0.2, -0.15) is 0 Å². The largest absolute Gasteiger partial charge is 0.352 e. The van der Waals surface area contributed by atoms with Crippen molar-refractivity contribution in [3.63, 3.8) is 0 Å². The van der Waals surface area contributed by atoms with Gasteiger partial charge in [0.05, 0.1) is 18.5 Å². The van der Waals surface area contributed by atoms with E-state index in [0.29, 0.717) is 23.6 Å². The molecule has 0 radical (unpaired) electrons. The van der Waals surface area contributed by atoms with E-state index in [9.17, 15) is 9.59 Å². The highest BCUT2D eigenvalue weighted by Gasteiger charge is 2.38. The van der Waals surface area contributed by atoms with Crippen LogP contribution in [-0.2, 0) is 9.26 Å². The number of nitrogens with one attached hydrogen (secondary N) is 1. The molecule has 192 valence electrons. The van der Waals surface area contributed by atoms with Crippen molar-refractivity contribution in [2.45, 2.75) is 51.5 Å². The molecule has 1 N–H and O–H groups in total. The second kappa shape index (κ2) is 11.8. The average Bonchev–Trinajstić information content (AvgIpc) is 3.66. The second-order valence-electron chi connectivity index (χ2n) is 8.72. The number of ether oxygens (including phenoxy) is 1. The summed E-state index contributed by atoms with van der Waals surface area (Å²) < 4.78 is 25.1. The van der Waals surface area contributed by atoms with Crippen LogP contribution in [0.2, 0.25) is 0 Å². The van der Waals surface area contributed by atoms with Crippen LogP contribution in [0.25, 0.3) is 11.2 Å². The molecule has 2 aliphatic heterocycles. The van der Waals surface area contributed by atoms with Gasteiger partial charge in [0.15, 0.2) is 18.7 Å². The summed E-state index contributed by atoms with van der Waals surface area (Å²) in [5.74, 6) is 2.02. The minimum atomic E-state index is -0.945. The van der Waals surface area contributed by atoms with Crippen LogP contribution in [-0.4, -0.2) is 66.1 Å². The van der Waals surface area contributed by atoms with E-state index in [1.54, 1.807) is 29.2 Å². The zero-order valence-electron chi connectivity index (χ0n) is 21.0. The first-order valence-electron chi connectivity index (χ1n) is 12.7. The van der Waals surface area contributed by atoms with Crippen LogP contribution >= 0.6 is 30.6 Å². The van der Waals surface area contributed by atoms with E-state index in [0.717, 1.165) is 37.2 Å². The van der Waals surface area contributed by atoms with Gasteiger partial charge in [-0.3, -0.25) is 18.8 Å². The van der Waals surface area contributed by atoms with Gasteiger partial charge in [-0.1, -0.05) is 53.5 Å². The Balaban J connectivity index is 1.23. The Kier molecular flexibility index (Phi) is 8.02. The van der Waals surface area contributed by atoms with Crippen LogP contribution < -0.4 is 5.56 Å². The fourth-order valence-electron chi connectivity index (χ4n) is 4.30. The molecule has 12 heteroatoms. The van der Waals surface area contributed by atoms with Gasteiger partial charge < -0.3 is 14.2 Å². The molecule has 5 rings (SSSR count). The number of aromatic nitrogens is 4. The fraction of sp³-hybridized carbons (Fsp3) is 0.500. The van der Waals surface area contributed by atoms with Crippen molar-refractivity contribution in [3.05, 3.63) is 58.4 Å². The molecule has 2 aromatic heterocycles. The molecule has 0 amide bonds. The molecule has 2 fully saturated rings. The molecule has 4 heterocycles. The van der Waals surface area contributed by atoms with Crippen molar-refractivity contribution in [1.29, 1.82) is 0 Å². The van der Waals surface area contributed by atoms with Crippen LogP contribution in [0, 0.1) is 6.92 Å². The maximum Gasteiger partial charge on any atom is 0.279 e. The van der Waals surface area contributed by atoms with Crippen molar-refractivity contribution in [1.82, 2.24) is 24.2 Å². The smallest absolute Gasteiger partial charge is 0.279 e. The van der Waals surface area contributed by atoms with Crippen molar-refractivity contribution >= 4 is 46.9 Å². The van der Waals surface area contributed by atoms with Crippen LogP contribution in [0.3, 0.4) is 0 Å². The molecule has 4 atom stereocenters. The number of rotatable bonds is 9. The summed E-state index contributed by atoms with van der Waals surface area (Å²) in [6.45, 7) is 3.81. The van der Waals surface area contributed by atoms with E-state index in [-0.39, 0.29) is 35.3 Å². The molecule has 0 aliphatic carbocycles. The first-order chi connectivity index (χ1) is 18.0. The highest BCUT2D eigenvalue weighted by atomic mass is 32.7. The number of nitrogens with zero attached hydrogens (tertiary/aromatic N) is 4. The number of fused-ring (bicyclic) bond motifs is 1. The Bertz CT molecular complexity index is 1270. The number of H-pyrrole nitrogens is 1. The summed E-state index contributed by atoms with van der Waals surface area (Å²) in [5.41, 5.74) is 1.20. The Morgan fingerprint density at radius 2 is 2.11 bits per heavy atom. The fourth-order valence-corrected chi connectivity index (χ4v) is 9.63. The predicted octanol–water partition coefficient (Wildman–Crippen LogP) is 4.75. The van der Waals surface area contributed by atoms with Gasteiger partial charge in [0, 0.05) is 38.0 Å². The molecule has 36 heavy (non-hydrogen) atoms. The van der Waals surface area contributed by atoms with Crippen LogP contribution in [0.1, 0.15) is 49.9 Å². The molecule has 0 spiro atoms. The maximum absolute atomic E-state index is 12.4. The summed E-state index contributed by atoms with van der Waals surface area (Å²) in [6, 6.07) is 9.36. The molecule has 2 aliphatic rings. The Morgan fingerprint density at radius 3 is 2.89 bits per heavy atom. The quantitative estimate of drug-likeness (QED) is 0.300. The Hall–Kier alpha value is -1.75. The van der Waals surface area contributed by atoms with Crippen LogP contribution in [0.15, 0.2) is 41.5 Å². The number of carbonyl (C=O) groups excluding carboxylic acids is 1. The maximum atomic E-state index is 12.4. The lowest BCUT2D eigenvalue weighted by atomic mass is 10.2. The van der Waals surface area contributed by atoms with Gasteiger partial charge in [0.1, 0.15) is 12.1 Å². The zero-order valence-corrected chi connectivity index (χ0v) is 22.6. The minimum Gasteiger partial charge on any atom is -0.352 e. The van der Waals surface area contributed by atoms with E-state index in [1.165, 1.54) is 11.8 Å². The van der Waals surface area contributed by atoms with Gasteiger partial charge in [0.25, 0.3) is 5.56 Å². The lowest BCUT2D eigenvalue weighted by Gasteiger charge is -2.29. The summed E-state index contributed by atoms with van der Waals surface area (Å²) in [4.78, 5) is 36.1. The van der Waals surface area contributed by atoms with Crippen LogP contribution in [0.4, 0.5) is 0 Å². The average molecular weight is 549 g/mol. The normalized spacial score (nSPS) is 23.8. The number of thioether (sulfide) groups is 1. The first-order valence-corrected chi connectivity index (χ1v) is 15.8. The van der Waals surface area contributed by atoms with E-state index in [1.807, 2.05) is 30.3 Å². The summed E-state index contributed by atoms with van der Waals surface area (Å²) in [5, 5.41) is 0.0872. The number of benzene rings is 1. The van der Waals surface area contributed by atoms with E-state index < -0.39 is 13.7 Å². The molecule has 0 bridgehead atoms. The Labute approximate surface area is 220 Å². The molecule has 1 aromatic carbocycles. The predicted molar refractivity (Wildman–Crippen MR) is 145 cm³/mol. The SMILES string of the molecule is [2H]C[C@H]1O[C@@H](n2cnc3c(=O)[nH]c(C)nc32)C[C@H]1OP(SCCSC(=O)c1ccccc1)N1CCCC1. The molecular weight excluding hydrogens is 517 g/mol. The third-order valence-electron chi connectivity index (χ3n) is 6.11. The lowest BCUT2D eigenvalue weighted by Crippen LogP contribution is -2.23. The summed E-state index contributed by atoms with van der Waals surface area (Å²) in [7, 11) is -0.945. The van der Waals surface area contributed by atoms with Gasteiger partial charge in [-0.05, 0) is 26.7 Å². The van der Waals surface area contributed by atoms with Gasteiger partial charge >= 0.3 is 0 Å². The number of aryl methyl sites for hydroxylation is 1. The number of carbonyl (C=O) groups is 1. The molecule has 9 nitrogen and oxygen atoms in total. The third-order valence-corrected chi connectivity index (χ3v) is 11.4. The Morgan fingerprint density at radius 1 is 1.31 bits per heavy atom. The van der Waals surface area contributed by atoms with Gasteiger partial charge in [-0.25, -0.2) is 9.97 Å². The summed E-state index contributed by atoms with van der Waals surface area (Å²) >= 11 is 3.10. The summed E-state index contributed by atoms with van der Waals surface area (Å²) in [6.07, 6.45) is 3.40. The highest BCUT2D eigenvalue weighted by Crippen LogP contribution is 2.57. The number of hydrogen-bond donors (Lipinski definition) is 1. The molecular formula is C24H30N5O4PS2. The van der Waals surface area contributed by atoms with Crippen LogP contribution in [0.5, 0.6) is 0 Å². The third kappa shape index (κ3) is 5.87. The van der Waals surface area contributed by atoms with Gasteiger partial charge in [0.2, 0.25) is 5.12 Å². The van der Waals surface area contributed by atoms with Crippen molar-refractivity contribution in [2.75, 3.05) is 24.6 Å². The van der Waals surface area contributed by atoms with E-state index in [4.69, 9.17) is 10.6 Å². The van der Waals surface area contributed by atoms with E-state index in [2.05, 4.69) is 19.6 Å². The van der Waals surface area contributed by atoms with Crippen molar-refractivity contribution in [2.24, 2.45) is 0 Å². The highest BCUT2D eigenvalue weighted by molar-refractivity contribution is 8.53. The van der Waals surface area contributed by atoms with E-state index >= 15 is 0 Å². The lowest BCUT2D eigenvalue weighted by molar-refractivity contribution is -0.00155. The molecule has 3 aromatic rings. The molecule has 1 unspecified atom stereocenters.